The van der Waals surface area contributed by atoms with Crippen molar-refractivity contribution < 1.29 is 9.26 Å². The van der Waals surface area contributed by atoms with Crippen molar-refractivity contribution in [1.82, 2.24) is 10.1 Å². The molecule has 0 bridgehead atoms. The van der Waals surface area contributed by atoms with Crippen molar-refractivity contribution >= 4 is 0 Å². The maximum absolute atomic E-state index is 6.13. The smallest absolute Gasteiger partial charge is 0.232 e. The quantitative estimate of drug-likeness (QED) is 0.872. The summed E-state index contributed by atoms with van der Waals surface area (Å²) in [4.78, 5) is 4.35. The van der Waals surface area contributed by atoms with E-state index in [0.29, 0.717) is 18.3 Å². The summed E-state index contributed by atoms with van der Waals surface area (Å²) in [7, 11) is 0. The fourth-order valence-electron chi connectivity index (χ4n) is 1.16. The van der Waals surface area contributed by atoms with E-state index in [-0.39, 0.29) is 11.5 Å². The zero-order chi connectivity index (χ0) is 13.3. The number of hydrogen-bond donors (Lipinski definition) is 1. The Hall–Kier alpha value is -0.940. The molecular formula is C12H23N3O2. The number of aromatic nitrogens is 2. The van der Waals surface area contributed by atoms with Crippen LogP contribution in [0.25, 0.3) is 0 Å². The molecule has 17 heavy (non-hydrogen) atoms. The van der Waals surface area contributed by atoms with Crippen LogP contribution in [0.2, 0.25) is 0 Å². The van der Waals surface area contributed by atoms with E-state index >= 15 is 0 Å². The van der Waals surface area contributed by atoms with Crippen molar-refractivity contribution in [3.63, 3.8) is 0 Å². The van der Waals surface area contributed by atoms with Gasteiger partial charge in [0.25, 0.3) is 0 Å². The largest absolute Gasteiger partial charge is 0.376 e. The van der Waals surface area contributed by atoms with Crippen LogP contribution in [0.1, 0.15) is 53.3 Å². The Morgan fingerprint density at radius 1 is 1.29 bits per heavy atom. The SMILES string of the molecule is CC(C)OCC(C)(N)c1noc(C(C)(C)C)n1. The number of hydrogen-bond acceptors (Lipinski definition) is 5. The molecule has 1 aromatic rings. The first-order valence-corrected chi connectivity index (χ1v) is 5.88. The number of nitrogens with zero attached hydrogens (tertiary/aromatic N) is 2. The molecule has 5 heteroatoms. The van der Waals surface area contributed by atoms with Gasteiger partial charge in [0.05, 0.1) is 12.7 Å². The number of rotatable bonds is 4. The highest BCUT2D eigenvalue weighted by Gasteiger charge is 2.31. The van der Waals surface area contributed by atoms with Crippen LogP contribution < -0.4 is 5.73 Å². The third-order valence-electron chi connectivity index (χ3n) is 2.29. The molecule has 0 spiro atoms. The molecule has 0 aromatic carbocycles. The van der Waals surface area contributed by atoms with Crippen LogP contribution in [0, 0.1) is 0 Å². The lowest BCUT2D eigenvalue weighted by Gasteiger charge is -2.21. The van der Waals surface area contributed by atoms with Crippen LogP contribution >= 0.6 is 0 Å². The molecule has 0 radical (unpaired) electrons. The molecule has 1 aromatic heterocycles. The molecular weight excluding hydrogens is 218 g/mol. The first-order chi connectivity index (χ1) is 7.63. The molecule has 0 aliphatic heterocycles. The van der Waals surface area contributed by atoms with E-state index in [1.165, 1.54) is 0 Å². The molecule has 0 amide bonds. The van der Waals surface area contributed by atoms with Gasteiger partial charge in [0.1, 0.15) is 5.54 Å². The third kappa shape index (κ3) is 3.78. The van der Waals surface area contributed by atoms with Crippen LogP contribution in [-0.4, -0.2) is 22.9 Å². The Morgan fingerprint density at radius 3 is 2.29 bits per heavy atom. The Bertz CT molecular complexity index is 364. The maximum Gasteiger partial charge on any atom is 0.232 e. The van der Waals surface area contributed by atoms with Gasteiger partial charge in [-0.15, -0.1) is 0 Å². The second kappa shape index (κ2) is 4.74. The van der Waals surface area contributed by atoms with Crippen molar-refractivity contribution in [2.45, 2.75) is 58.6 Å². The Kier molecular flexibility index (Phi) is 3.94. The topological polar surface area (TPSA) is 74.2 Å². The molecule has 1 unspecified atom stereocenters. The Labute approximate surface area is 103 Å². The lowest BCUT2D eigenvalue weighted by molar-refractivity contribution is 0.0410. The highest BCUT2D eigenvalue weighted by Crippen LogP contribution is 2.23. The van der Waals surface area contributed by atoms with Gasteiger partial charge in [0, 0.05) is 5.41 Å². The van der Waals surface area contributed by atoms with E-state index < -0.39 is 5.54 Å². The summed E-state index contributed by atoms with van der Waals surface area (Å²) in [6.07, 6.45) is 0.131. The van der Waals surface area contributed by atoms with Gasteiger partial charge >= 0.3 is 0 Å². The standard InChI is InChI=1S/C12H23N3O2/c1-8(2)16-7-12(6,13)9-14-10(17-15-9)11(3,4)5/h8H,7,13H2,1-6H3. The van der Waals surface area contributed by atoms with Crippen molar-refractivity contribution in [3.05, 3.63) is 11.7 Å². The van der Waals surface area contributed by atoms with Crippen LogP contribution in [0.15, 0.2) is 4.52 Å². The molecule has 1 rings (SSSR count). The van der Waals surface area contributed by atoms with Gasteiger partial charge in [-0.05, 0) is 20.8 Å². The highest BCUT2D eigenvalue weighted by molar-refractivity contribution is 5.05. The predicted octanol–water partition coefficient (Wildman–Crippen LogP) is 1.97. The summed E-state index contributed by atoms with van der Waals surface area (Å²) in [5, 5.41) is 3.94. The zero-order valence-corrected chi connectivity index (χ0v) is 11.6. The third-order valence-corrected chi connectivity index (χ3v) is 2.29. The summed E-state index contributed by atoms with van der Waals surface area (Å²) in [6.45, 7) is 12.2. The molecule has 0 fully saturated rings. The second-order valence-corrected chi connectivity index (χ2v) is 5.95. The van der Waals surface area contributed by atoms with Gasteiger partial charge < -0.3 is 15.0 Å². The maximum atomic E-state index is 6.13. The summed E-state index contributed by atoms with van der Waals surface area (Å²) in [6, 6.07) is 0. The zero-order valence-electron chi connectivity index (χ0n) is 11.6. The predicted molar refractivity (Wildman–Crippen MR) is 65.6 cm³/mol. The summed E-state index contributed by atoms with van der Waals surface area (Å²) in [5.41, 5.74) is 5.24. The molecule has 1 heterocycles. The molecule has 0 saturated heterocycles. The lowest BCUT2D eigenvalue weighted by Crippen LogP contribution is -2.40. The van der Waals surface area contributed by atoms with E-state index in [4.69, 9.17) is 15.0 Å². The summed E-state index contributed by atoms with van der Waals surface area (Å²) < 4.78 is 10.7. The number of ether oxygens (including phenoxy) is 1. The minimum atomic E-state index is -0.725. The first-order valence-electron chi connectivity index (χ1n) is 5.88. The van der Waals surface area contributed by atoms with Crippen LogP contribution in [0.4, 0.5) is 0 Å². The van der Waals surface area contributed by atoms with Crippen LogP contribution in [-0.2, 0) is 15.7 Å². The molecule has 0 aliphatic carbocycles. The molecule has 1 atom stereocenters. The molecule has 0 saturated carbocycles. The van der Waals surface area contributed by atoms with E-state index in [9.17, 15) is 0 Å². The van der Waals surface area contributed by atoms with Gasteiger partial charge in [-0.2, -0.15) is 4.98 Å². The van der Waals surface area contributed by atoms with Gasteiger partial charge in [0.15, 0.2) is 5.82 Å². The molecule has 98 valence electrons. The highest BCUT2D eigenvalue weighted by atomic mass is 16.5. The summed E-state index contributed by atoms with van der Waals surface area (Å²) in [5.74, 6) is 1.08. The average molecular weight is 241 g/mol. The molecule has 2 N–H and O–H groups in total. The summed E-state index contributed by atoms with van der Waals surface area (Å²) >= 11 is 0. The number of nitrogens with two attached hydrogens (primary N) is 1. The normalized spacial score (nSPS) is 16.2. The van der Waals surface area contributed by atoms with Gasteiger partial charge in [-0.3, -0.25) is 0 Å². The van der Waals surface area contributed by atoms with E-state index in [2.05, 4.69) is 10.1 Å². The van der Waals surface area contributed by atoms with Crippen molar-refractivity contribution in [2.24, 2.45) is 5.73 Å². The fraction of sp³-hybridized carbons (Fsp3) is 0.833. The Balaban J connectivity index is 2.81. The van der Waals surface area contributed by atoms with Gasteiger partial charge in [0.2, 0.25) is 5.89 Å². The fourth-order valence-corrected chi connectivity index (χ4v) is 1.16. The lowest BCUT2D eigenvalue weighted by atomic mass is 9.97. The van der Waals surface area contributed by atoms with Crippen LogP contribution in [0.5, 0.6) is 0 Å². The minimum Gasteiger partial charge on any atom is -0.376 e. The van der Waals surface area contributed by atoms with Gasteiger partial charge in [-0.25, -0.2) is 0 Å². The monoisotopic (exact) mass is 241 g/mol. The van der Waals surface area contributed by atoms with Crippen LogP contribution in [0.3, 0.4) is 0 Å². The average Bonchev–Trinajstić information content (AvgIpc) is 2.63. The van der Waals surface area contributed by atoms with E-state index in [1.807, 2.05) is 41.5 Å². The van der Waals surface area contributed by atoms with Crippen molar-refractivity contribution in [1.29, 1.82) is 0 Å². The Morgan fingerprint density at radius 2 is 1.88 bits per heavy atom. The minimum absolute atomic E-state index is 0.131. The second-order valence-electron chi connectivity index (χ2n) is 5.95. The van der Waals surface area contributed by atoms with E-state index in [0.717, 1.165) is 0 Å². The van der Waals surface area contributed by atoms with Crippen molar-refractivity contribution in [2.75, 3.05) is 6.61 Å². The molecule has 5 nitrogen and oxygen atoms in total. The molecule has 0 aliphatic rings. The first kappa shape index (κ1) is 14.1. The van der Waals surface area contributed by atoms with E-state index in [1.54, 1.807) is 0 Å². The van der Waals surface area contributed by atoms with Gasteiger partial charge in [-0.1, -0.05) is 25.9 Å². The van der Waals surface area contributed by atoms with Crippen molar-refractivity contribution in [3.8, 4) is 0 Å².